The van der Waals surface area contributed by atoms with Gasteiger partial charge in [-0.2, -0.15) is 0 Å². The van der Waals surface area contributed by atoms with Crippen molar-refractivity contribution >= 4 is 51.3 Å². The number of nitrogens with zero attached hydrogens (tertiary/aromatic N) is 1. The van der Waals surface area contributed by atoms with E-state index in [1.807, 2.05) is 24.3 Å². The summed E-state index contributed by atoms with van der Waals surface area (Å²) in [6, 6.07) is 7.23. The van der Waals surface area contributed by atoms with Crippen molar-refractivity contribution in [2.75, 3.05) is 12.3 Å². The lowest BCUT2D eigenvalue weighted by Crippen LogP contribution is -2.73. The molecule has 2 aliphatic heterocycles. The van der Waals surface area contributed by atoms with Gasteiger partial charge in [-0.25, -0.2) is 0 Å². The first kappa shape index (κ1) is 16.2. The fraction of sp³-hybridized carbons (Fsp3) is 0.429. The van der Waals surface area contributed by atoms with E-state index in [1.54, 1.807) is 4.90 Å². The van der Waals surface area contributed by atoms with Gasteiger partial charge in [-0.3, -0.25) is 9.59 Å². The van der Waals surface area contributed by atoms with Crippen LogP contribution < -0.4 is 5.73 Å². The van der Waals surface area contributed by atoms with E-state index >= 15 is 0 Å². The topological polar surface area (TPSA) is 83.6 Å². The molecule has 3 N–H and O–H groups in total. The second kappa shape index (κ2) is 6.07. The molecule has 0 radical (unpaired) electrons. The molecule has 0 spiro atoms. The summed E-state index contributed by atoms with van der Waals surface area (Å²) in [6.45, 7) is 0.202. The van der Waals surface area contributed by atoms with Gasteiger partial charge in [-0.05, 0) is 11.6 Å². The summed E-state index contributed by atoms with van der Waals surface area (Å²) in [5, 5.41) is 10.4. The van der Waals surface area contributed by atoms with E-state index in [2.05, 4.69) is 15.9 Å². The van der Waals surface area contributed by atoms with Crippen LogP contribution in [0.4, 0.5) is 0 Å². The average Bonchev–Trinajstić information content (AvgIpc) is 2.54. The minimum atomic E-state index is -1.03. The number of β-lactam (4-membered cyclic amide) rings is 1. The molecule has 2 heterocycles. The largest absolute Gasteiger partial charge is 0.480 e. The molecule has 22 heavy (non-hydrogen) atoms. The molecule has 1 unspecified atom stereocenters. The Kier molecular flexibility index (Phi) is 4.46. The highest BCUT2D eigenvalue weighted by atomic mass is 79.9. The van der Waals surface area contributed by atoms with Crippen molar-refractivity contribution in [3.05, 3.63) is 29.8 Å². The molecule has 2 fully saturated rings. The average molecular weight is 403 g/mol. The molecular formula is C14H15BrN2O3S2. The maximum atomic E-state index is 11.9. The second-order valence-corrected chi connectivity index (χ2v) is 8.43. The number of amides is 1. The van der Waals surface area contributed by atoms with Crippen molar-refractivity contribution in [2.24, 2.45) is 5.73 Å². The summed E-state index contributed by atoms with van der Waals surface area (Å²) in [6.07, 6.45) is 0. The predicted octanol–water partition coefficient (Wildman–Crippen LogP) is 1.74. The number of nitrogens with two attached hydrogens (primary N) is 1. The zero-order valence-electron chi connectivity index (χ0n) is 11.6. The maximum Gasteiger partial charge on any atom is 0.322 e. The van der Waals surface area contributed by atoms with Gasteiger partial charge in [-0.1, -0.05) is 34.1 Å². The maximum absolute atomic E-state index is 11.9. The molecule has 0 aromatic heterocycles. The van der Waals surface area contributed by atoms with Crippen LogP contribution in [0, 0.1) is 0 Å². The van der Waals surface area contributed by atoms with Crippen LogP contribution in [0.5, 0.6) is 0 Å². The number of rotatable bonds is 4. The van der Waals surface area contributed by atoms with Crippen LogP contribution in [-0.4, -0.2) is 50.3 Å². The Morgan fingerprint density at radius 3 is 2.95 bits per heavy atom. The van der Waals surface area contributed by atoms with Gasteiger partial charge in [0.2, 0.25) is 5.91 Å². The van der Waals surface area contributed by atoms with Gasteiger partial charge < -0.3 is 15.7 Å². The summed E-state index contributed by atoms with van der Waals surface area (Å²) in [5.41, 5.74) is 6.82. The van der Waals surface area contributed by atoms with Crippen LogP contribution in [0.1, 0.15) is 5.56 Å². The molecule has 0 bridgehead atoms. The van der Waals surface area contributed by atoms with Gasteiger partial charge in [0.1, 0.15) is 16.2 Å². The van der Waals surface area contributed by atoms with Gasteiger partial charge in [0, 0.05) is 22.5 Å². The first-order valence-corrected chi connectivity index (χ1v) is 9.71. The Morgan fingerprint density at radius 1 is 1.55 bits per heavy atom. The van der Waals surface area contributed by atoms with E-state index in [-0.39, 0.29) is 17.8 Å². The molecule has 2 saturated heterocycles. The van der Waals surface area contributed by atoms with Gasteiger partial charge in [0.25, 0.3) is 0 Å². The molecule has 0 aliphatic carbocycles. The molecule has 2 aliphatic rings. The van der Waals surface area contributed by atoms with Crippen LogP contribution in [0.25, 0.3) is 0 Å². The molecular weight excluding hydrogens is 388 g/mol. The number of carboxylic acid groups (broad SMARTS) is 1. The standard InChI is InChI=1S/C14H15BrN2O3S2/c15-5-8-3-1-2-4-9(8)22-14(13(19)20)6-17-11(18)10(16)12(17)21-7-14/h1-4,10,12H,5-7,16H2,(H,19,20)/t10-,12-,14?/m1/s1. The predicted molar refractivity (Wildman–Crippen MR) is 91.2 cm³/mol. The molecule has 8 heteroatoms. The van der Waals surface area contributed by atoms with Crippen LogP contribution in [0.15, 0.2) is 29.2 Å². The van der Waals surface area contributed by atoms with Crippen LogP contribution in [-0.2, 0) is 14.9 Å². The number of fused-ring (bicyclic) bond motifs is 1. The fourth-order valence-corrected chi connectivity index (χ4v) is 6.19. The van der Waals surface area contributed by atoms with Crippen LogP contribution in [0.2, 0.25) is 0 Å². The number of hydrogen-bond acceptors (Lipinski definition) is 5. The first-order valence-electron chi connectivity index (χ1n) is 6.72. The number of carbonyl (C=O) groups is 2. The molecule has 1 aromatic rings. The van der Waals surface area contributed by atoms with Gasteiger partial charge in [-0.15, -0.1) is 23.5 Å². The zero-order valence-corrected chi connectivity index (χ0v) is 14.8. The minimum Gasteiger partial charge on any atom is -0.480 e. The summed E-state index contributed by atoms with van der Waals surface area (Å²) in [7, 11) is 0. The number of hydrogen-bond donors (Lipinski definition) is 2. The number of carbonyl (C=O) groups excluding carboxylic acids is 1. The zero-order chi connectivity index (χ0) is 15.9. The monoisotopic (exact) mass is 402 g/mol. The highest BCUT2D eigenvalue weighted by Crippen LogP contribution is 2.46. The number of halogens is 1. The van der Waals surface area contributed by atoms with Gasteiger partial charge in [0.15, 0.2) is 0 Å². The lowest BCUT2D eigenvalue weighted by molar-refractivity contribution is -0.148. The lowest BCUT2D eigenvalue weighted by Gasteiger charge is -2.52. The fourth-order valence-electron chi connectivity index (χ4n) is 2.61. The Labute approximate surface area is 145 Å². The Bertz CT molecular complexity index is 630. The van der Waals surface area contributed by atoms with E-state index in [1.165, 1.54) is 23.5 Å². The number of benzene rings is 1. The van der Waals surface area contributed by atoms with Crippen molar-refractivity contribution in [1.82, 2.24) is 4.90 Å². The molecule has 0 saturated carbocycles. The van der Waals surface area contributed by atoms with Crippen LogP contribution >= 0.6 is 39.5 Å². The Morgan fingerprint density at radius 2 is 2.27 bits per heavy atom. The summed E-state index contributed by atoms with van der Waals surface area (Å²) >= 11 is 6.22. The van der Waals surface area contributed by atoms with E-state index in [9.17, 15) is 14.7 Å². The molecule has 118 valence electrons. The first-order chi connectivity index (χ1) is 10.5. The number of carboxylic acids is 1. The van der Waals surface area contributed by atoms with Gasteiger partial charge >= 0.3 is 5.97 Å². The van der Waals surface area contributed by atoms with E-state index < -0.39 is 16.8 Å². The molecule has 3 rings (SSSR count). The van der Waals surface area contributed by atoms with Crippen molar-refractivity contribution in [3.63, 3.8) is 0 Å². The minimum absolute atomic E-state index is 0.0769. The van der Waals surface area contributed by atoms with Gasteiger partial charge in [0.05, 0.1) is 0 Å². The quantitative estimate of drug-likeness (QED) is 0.589. The second-order valence-electron chi connectivity index (χ2n) is 5.34. The third kappa shape index (κ3) is 2.55. The molecule has 1 aromatic carbocycles. The highest BCUT2D eigenvalue weighted by molar-refractivity contribution is 9.08. The summed E-state index contributed by atoms with van der Waals surface area (Å²) in [4.78, 5) is 26.3. The molecule has 5 nitrogen and oxygen atoms in total. The van der Waals surface area contributed by atoms with Crippen molar-refractivity contribution in [2.45, 2.75) is 26.4 Å². The van der Waals surface area contributed by atoms with E-state index in [0.717, 1.165) is 10.5 Å². The Balaban J connectivity index is 1.87. The number of aliphatic carboxylic acids is 1. The smallest absolute Gasteiger partial charge is 0.322 e. The van der Waals surface area contributed by atoms with Crippen molar-refractivity contribution < 1.29 is 14.7 Å². The number of thioether (sulfide) groups is 2. The summed E-state index contributed by atoms with van der Waals surface area (Å²) in [5.74, 6) is -0.607. The van der Waals surface area contributed by atoms with E-state index in [4.69, 9.17) is 5.73 Å². The lowest BCUT2D eigenvalue weighted by atomic mass is 10.0. The number of alkyl halides is 1. The molecule has 3 atom stereocenters. The normalized spacial score (nSPS) is 30.6. The highest BCUT2D eigenvalue weighted by Gasteiger charge is 2.56. The van der Waals surface area contributed by atoms with E-state index in [0.29, 0.717) is 11.1 Å². The van der Waals surface area contributed by atoms with Crippen LogP contribution in [0.3, 0.4) is 0 Å². The molecule has 1 amide bonds. The Hall–Kier alpha value is -0.700. The summed E-state index contributed by atoms with van der Waals surface area (Å²) < 4.78 is -1.03. The van der Waals surface area contributed by atoms with Crippen molar-refractivity contribution in [3.8, 4) is 0 Å². The van der Waals surface area contributed by atoms with Crippen molar-refractivity contribution in [1.29, 1.82) is 0 Å². The SMILES string of the molecule is N[C@@H]1C(=O)N2CC(Sc3ccccc3CBr)(C(=O)O)CS[C@H]12. The third-order valence-electron chi connectivity index (χ3n) is 3.91. The third-order valence-corrected chi connectivity index (χ3v) is 7.70.